The predicted octanol–water partition coefficient (Wildman–Crippen LogP) is 3.53. The maximum atomic E-state index is 10.2. The molecule has 3 nitrogen and oxygen atoms in total. The fourth-order valence-corrected chi connectivity index (χ4v) is 3.43. The molecular weight excluding hydrogens is 250 g/mol. The Morgan fingerprint density at radius 3 is 2.55 bits per heavy atom. The van der Waals surface area contributed by atoms with Crippen molar-refractivity contribution in [3.05, 3.63) is 29.8 Å². The first-order valence-electron chi connectivity index (χ1n) is 7.51. The molecule has 1 saturated carbocycles. The van der Waals surface area contributed by atoms with Crippen LogP contribution in [0.25, 0.3) is 0 Å². The van der Waals surface area contributed by atoms with Gasteiger partial charge in [0.05, 0.1) is 12.7 Å². The van der Waals surface area contributed by atoms with Gasteiger partial charge >= 0.3 is 0 Å². The van der Waals surface area contributed by atoms with Gasteiger partial charge in [-0.15, -0.1) is 0 Å². The third-order valence-corrected chi connectivity index (χ3v) is 4.16. The van der Waals surface area contributed by atoms with Crippen LogP contribution >= 0.6 is 0 Å². The van der Waals surface area contributed by atoms with Crippen molar-refractivity contribution in [1.29, 1.82) is 0 Å². The smallest absolute Gasteiger partial charge is 0.102 e. The number of nitrogens with two attached hydrogens (primary N) is 1. The SMILES string of the molecule is CC1CC(OCC(O)c2ccc(N)cc2)CC(C)(C)C1. The minimum absolute atomic E-state index is 0.261. The van der Waals surface area contributed by atoms with Crippen molar-refractivity contribution in [2.45, 2.75) is 52.2 Å². The van der Waals surface area contributed by atoms with Crippen LogP contribution in [0.1, 0.15) is 51.7 Å². The molecule has 0 spiro atoms. The number of ether oxygens (including phenoxy) is 1. The van der Waals surface area contributed by atoms with Crippen LogP contribution in [0.5, 0.6) is 0 Å². The van der Waals surface area contributed by atoms with Gasteiger partial charge in [-0.3, -0.25) is 0 Å². The summed E-state index contributed by atoms with van der Waals surface area (Å²) in [6.07, 6.45) is 3.12. The highest BCUT2D eigenvalue weighted by atomic mass is 16.5. The van der Waals surface area contributed by atoms with Crippen LogP contribution < -0.4 is 5.73 Å². The van der Waals surface area contributed by atoms with E-state index in [1.54, 1.807) is 0 Å². The molecule has 0 radical (unpaired) electrons. The van der Waals surface area contributed by atoms with Crippen molar-refractivity contribution in [1.82, 2.24) is 0 Å². The summed E-state index contributed by atoms with van der Waals surface area (Å²) in [5.74, 6) is 0.692. The van der Waals surface area contributed by atoms with Gasteiger partial charge in [-0.25, -0.2) is 0 Å². The number of aliphatic hydroxyl groups excluding tert-OH is 1. The Balaban J connectivity index is 1.86. The van der Waals surface area contributed by atoms with Crippen molar-refractivity contribution in [2.24, 2.45) is 11.3 Å². The average molecular weight is 277 g/mol. The quantitative estimate of drug-likeness (QED) is 0.828. The van der Waals surface area contributed by atoms with Gasteiger partial charge in [-0.1, -0.05) is 32.9 Å². The van der Waals surface area contributed by atoms with Crippen LogP contribution in [0.2, 0.25) is 0 Å². The van der Waals surface area contributed by atoms with Gasteiger partial charge in [-0.2, -0.15) is 0 Å². The second-order valence-corrected chi connectivity index (χ2v) is 7.05. The van der Waals surface area contributed by atoms with Crippen LogP contribution in [-0.2, 0) is 4.74 Å². The van der Waals surface area contributed by atoms with E-state index in [0.717, 1.165) is 18.4 Å². The van der Waals surface area contributed by atoms with Crippen LogP contribution in [0.4, 0.5) is 5.69 Å². The molecule has 3 N–H and O–H groups in total. The predicted molar refractivity (Wildman–Crippen MR) is 82.4 cm³/mol. The monoisotopic (exact) mass is 277 g/mol. The van der Waals surface area contributed by atoms with Crippen molar-refractivity contribution in [3.63, 3.8) is 0 Å². The van der Waals surface area contributed by atoms with Gasteiger partial charge in [0.1, 0.15) is 6.10 Å². The zero-order chi connectivity index (χ0) is 14.8. The minimum atomic E-state index is -0.573. The molecular formula is C17H27NO2. The molecule has 20 heavy (non-hydrogen) atoms. The lowest BCUT2D eigenvalue weighted by atomic mass is 9.71. The number of benzene rings is 1. The molecule has 0 heterocycles. The number of nitrogen functional groups attached to an aromatic ring is 1. The molecule has 1 fully saturated rings. The highest BCUT2D eigenvalue weighted by Gasteiger charge is 2.32. The first-order chi connectivity index (χ1) is 9.35. The van der Waals surface area contributed by atoms with E-state index in [2.05, 4.69) is 20.8 Å². The molecule has 3 heteroatoms. The van der Waals surface area contributed by atoms with E-state index in [0.29, 0.717) is 23.6 Å². The summed E-state index contributed by atoms with van der Waals surface area (Å²) in [6.45, 7) is 7.25. The van der Waals surface area contributed by atoms with Crippen molar-refractivity contribution >= 4 is 5.69 Å². The zero-order valence-corrected chi connectivity index (χ0v) is 12.8. The second kappa shape index (κ2) is 6.15. The Morgan fingerprint density at radius 2 is 1.95 bits per heavy atom. The minimum Gasteiger partial charge on any atom is -0.399 e. The van der Waals surface area contributed by atoms with Gasteiger partial charge in [0.15, 0.2) is 0 Å². The third kappa shape index (κ3) is 4.22. The van der Waals surface area contributed by atoms with E-state index >= 15 is 0 Å². The number of hydrogen-bond acceptors (Lipinski definition) is 3. The van der Waals surface area contributed by atoms with Crippen LogP contribution in [0.3, 0.4) is 0 Å². The molecule has 1 aliphatic rings. The summed E-state index contributed by atoms with van der Waals surface area (Å²) < 4.78 is 5.95. The number of anilines is 1. The van der Waals surface area contributed by atoms with Crippen molar-refractivity contribution in [2.75, 3.05) is 12.3 Å². The molecule has 0 aromatic heterocycles. The molecule has 0 aliphatic heterocycles. The summed E-state index contributed by atoms with van der Waals surface area (Å²) in [4.78, 5) is 0. The summed E-state index contributed by atoms with van der Waals surface area (Å²) in [7, 11) is 0. The fraction of sp³-hybridized carbons (Fsp3) is 0.647. The fourth-order valence-electron chi connectivity index (χ4n) is 3.43. The van der Waals surface area contributed by atoms with E-state index in [1.165, 1.54) is 6.42 Å². The molecule has 0 amide bonds. The Hall–Kier alpha value is -1.06. The lowest BCUT2D eigenvalue weighted by Gasteiger charge is -2.39. The second-order valence-electron chi connectivity index (χ2n) is 7.05. The Labute approximate surface area is 122 Å². The molecule has 0 bridgehead atoms. The van der Waals surface area contributed by atoms with E-state index in [1.807, 2.05) is 24.3 Å². The largest absolute Gasteiger partial charge is 0.399 e. The Morgan fingerprint density at radius 1 is 1.30 bits per heavy atom. The zero-order valence-electron chi connectivity index (χ0n) is 12.8. The molecule has 3 atom stereocenters. The van der Waals surface area contributed by atoms with Crippen molar-refractivity contribution < 1.29 is 9.84 Å². The van der Waals surface area contributed by atoms with E-state index in [4.69, 9.17) is 10.5 Å². The number of hydrogen-bond donors (Lipinski definition) is 2. The Bertz CT molecular complexity index is 427. The molecule has 1 aliphatic carbocycles. The van der Waals surface area contributed by atoms with Gasteiger partial charge in [0.2, 0.25) is 0 Å². The standard InChI is InChI=1S/C17H27NO2/c1-12-8-15(10-17(2,3)9-12)20-11-16(19)13-4-6-14(18)7-5-13/h4-7,12,15-16,19H,8-11,18H2,1-3H3. The topological polar surface area (TPSA) is 55.5 Å². The number of aliphatic hydroxyl groups is 1. The van der Waals surface area contributed by atoms with Gasteiger partial charge in [-0.05, 0) is 48.3 Å². The van der Waals surface area contributed by atoms with Crippen molar-refractivity contribution in [3.8, 4) is 0 Å². The van der Waals surface area contributed by atoms with E-state index in [9.17, 15) is 5.11 Å². The summed E-state index contributed by atoms with van der Waals surface area (Å²) in [5, 5.41) is 10.2. The molecule has 1 aromatic rings. The first kappa shape index (κ1) is 15.3. The molecule has 2 rings (SSSR count). The molecule has 112 valence electrons. The average Bonchev–Trinajstić information content (AvgIpc) is 2.34. The van der Waals surface area contributed by atoms with Gasteiger partial charge < -0.3 is 15.6 Å². The van der Waals surface area contributed by atoms with Crippen LogP contribution in [0.15, 0.2) is 24.3 Å². The third-order valence-electron chi connectivity index (χ3n) is 4.16. The summed E-state index contributed by atoms with van der Waals surface area (Å²) >= 11 is 0. The summed E-state index contributed by atoms with van der Waals surface area (Å²) in [6, 6.07) is 7.34. The first-order valence-corrected chi connectivity index (χ1v) is 7.51. The molecule has 1 aromatic carbocycles. The maximum Gasteiger partial charge on any atom is 0.102 e. The van der Waals surface area contributed by atoms with E-state index in [-0.39, 0.29) is 6.10 Å². The van der Waals surface area contributed by atoms with Crippen LogP contribution in [-0.4, -0.2) is 17.8 Å². The van der Waals surface area contributed by atoms with Crippen LogP contribution in [0, 0.1) is 11.3 Å². The lowest BCUT2D eigenvalue weighted by Crippen LogP contribution is -2.33. The van der Waals surface area contributed by atoms with Gasteiger partial charge in [0, 0.05) is 5.69 Å². The maximum absolute atomic E-state index is 10.2. The highest BCUT2D eigenvalue weighted by Crippen LogP contribution is 2.39. The highest BCUT2D eigenvalue weighted by molar-refractivity contribution is 5.39. The molecule has 3 unspecified atom stereocenters. The van der Waals surface area contributed by atoms with Gasteiger partial charge in [0.25, 0.3) is 0 Å². The summed E-state index contributed by atoms with van der Waals surface area (Å²) in [5.41, 5.74) is 7.57. The normalized spacial score (nSPS) is 27.2. The molecule has 0 saturated heterocycles. The Kier molecular flexibility index (Phi) is 4.71. The lowest BCUT2D eigenvalue weighted by molar-refractivity contribution is -0.0564. The van der Waals surface area contributed by atoms with E-state index < -0.39 is 6.10 Å². The number of rotatable bonds is 4.